The molecule has 1 aromatic carbocycles. The molecule has 1 aliphatic rings. The molecular formula is C14H19NO2. The van der Waals surface area contributed by atoms with Crippen LogP contribution in [0.15, 0.2) is 30.3 Å². The standard InChI is InChI=1S/C14H19NO2/c1-2-12-8-9-13(15-12)14(16)17-10-11-6-4-3-5-7-11/h3-7,12-13,15H,2,8-10H2,1H3/t12-,13-/m1/s1. The maximum absolute atomic E-state index is 11.8. The third kappa shape index (κ3) is 3.30. The molecule has 0 bridgehead atoms. The third-order valence-electron chi connectivity index (χ3n) is 3.24. The van der Waals surface area contributed by atoms with E-state index in [0.717, 1.165) is 24.8 Å². The van der Waals surface area contributed by atoms with Crippen LogP contribution in [-0.2, 0) is 16.1 Å². The number of rotatable bonds is 4. The van der Waals surface area contributed by atoms with Crippen LogP contribution in [0, 0.1) is 0 Å². The molecule has 2 atom stereocenters. The Hall–Kier alpha value is -1.35. The highest BCUT2D eigenvalue weighted by molar-refractivity contribution is 5.76. The Balaban J connectivity index is 1.78. The van der Waals surface area contributed by atoms with E-state index < -0.39 is 0 Å². The molecule has 1 heterocycles. The number of hydrogen-bond acceptors (Lipinski definition) is 3. The van der Waals surface area contributed by atoms with Crippen molar-refractivity contribution in [2.24, 2.45) is 0 Å². The second kappa shape index (κ2) is 5.82. The minimum atomic E-state index is -0.121. The van der Waals surface area contributed by atoms with Crippen molar-refractivity contribution in [1.82, 2.24) is 5.32 Å². The number of carbonyl (C=O) groups is 1. The van der Waals surface area contributed by atoms with Crippen LogP contribution in [0.1, 0.15) is 31.7 Å². The predicted molar refractivity (Wildman–Crippen MR) is 66.5 cm³/mol. The van der Waals surface area contributed by atoms with Crippen LogP contribution in [0.4, 0.5) is 0 Å². The molecule has 1 aliphatic heterocycles. The highest BCUT2D eigenvalue weighted by atomic mass is 16.5. The first-order valence-corrected chi connectivity index (χ1v) is 6.26. The molecule has 0 unspecified atom stereocenters. The zero-order valence-corrected chi connectivity index (χ0v) is 10.2. The summed E-state index contributed by atoms with van der Waals surface area (Å²) in [5, 5.41) is 3.30. The van der Waals surface area contributed by atoms with Crippen LogP contribution >= 0.6 is 0 Å². The Morgan fingerprint density at radius 1 is 1.35 bits per heavy atom. The van der Waals surface area contributed by atoms with Crippen LogP contribution in [0.25, 0.3) is 0 Å². The van der Waals surface area contributed by atoms with E-state index in [-0.39, 0.29) is 12.0 Å². The quantitative estimate of drug-likeness (QED) is 0.811. The lowest BCUT2D eigenvalue weighted by Gasteiger charge is -2.12. The molecule has 0 aromatic heterocycles. The fraction of sp³-hybridized carbons (Fsp3) is 0.500. The van der Waals surface area contributed by atoms with Crippen molar-refractivity contribution in [2.75, 3.05) is 0 Å². The van der Waals surface area contributed by atoms with Crippen molar-refractivity contribution in [2.45, 2.75) is 44.9 Å². The van der Waals surface area contributed by atoms with E-state index in [1.807, 2.05) is 30.3 Å². The van der Waals surface area contributed by atoms with Gasteiger partial charge in [0.25, 0.3) is 0 Å². The van der Waals surface area contributed by atoms with Gasteiger partial charge in [-0.2, -0.15) is 0 Å². The Morgan fingerprint density at radius 2 is 2.12 bits per heavy atom. The summed E-state index contributed by atoms with van der Waals surface area (Å²) in [6, 6.07) is 10.1. The van der Waals surface area contributed by atoms with E-state index in [1.54, 1.807) is 0 Å². The van der Waals surface area contributed by atoms with E-state index in [2.05, 4.69) is 12.2 Å². The summed E-state index contributed by atoms with van der Waals surface area (Å²) in [5.41, 5.74) is 1.03. The van der Waals surface area contributed by atoms with Gasteiger partial charge in [0.05, 0.1) is 0 Å². The summed E-state index contributed by atoms with van der Waals surface area (Å²) in [4.78, 5) is 11.8. The van der Waals surface area contributed by atoms with Crippen LogP contribution < -0.4 is 5.32 Å². The number of benzene rings is 1. The molecule has 0 radical (unpaired) electrons. The van der Waals surface area contributed by atoms with Gasteiger partial charge in [0.2, 0.25) is 0 Å². The summed E-state index contributed by atoms with van der Waals surface area (Å²) in [7, 11) is 0. The number of carbonyl (C=O) groups excluding carboxylic acids is 1. The minimum absolute atomic E-state index is 0.108. The number of esters is 1. The van der Waals surface area contributed by atoms with Gasteiger partial charge in [-0.25, -0.2) is 0 Å². The molecule has 1 aromatic rings. The van der Waals surface area contributed by atoms with Crippen molar-refractivity contribution in [3.63, 3.8) is 0 Å². The molecule has 3 nitrogen and oxygen atoms in total. The molecule has 1 N–H and O–H groups in total. The van der Waals surface area contributed by atoms with Crippen molar-refractivity contribution < 1.29 is 9.53 Å². The Bertz CT molecular complexity index is 364. The number of nitrogens with one attached hydrogen (secondary N) is 1. The second-order valence-electron chi connectivity index (χ2n) is 4.50. The van der Waals surface area contributed by atoms with Gasteiger partial charge in [0.1, 0.15) is 12.6 Å². The fourth-order valence-corrected chi connectivity index (χ4v) is 2.16. The molecule has 0 aliphatic carbocycles. The van der Waals surface area contributed by atoms with Gasteiger partial charge in [0.15, 0.2) is 0 Å². The van der Waals surface area contributed by atoms with Gasteiger partial charge in [0, 0.05) is 6.04 Å². The lowest BCUT2D eigenvalue weighted by atomic mass is 10.1. The lowest BCUT2D eigenvalue weighted by molar-refractivity contribution is -0.147. The smallest absolute Gasteiger partial charge is 0.323 e. The first-order chi connectivity index (χ1) is 8.29. The molecule has 0 amide bonds. The molecule has 92 valence electrons. The van der Waals surface area contributed by atoms with E-state index in [1.165, 1.54) is 0 Å². The molecule has 1 saturated heterocycles. The molecule has 1 fully saturated rings. The van der Waals surface area contributed by atoms with Gasteiger partial charge in [-0.05, 0) is 24.8 Å². The zero-order chi connectivity index (χ0) is 12.1. The summed E-state index contributed by atoms with van der Waals surface area (Å²) >= 11 is 0. The monoisotopic (exact) mass is 233 g/mol. The molecule has 3 heteroatoms. The van der Waals surface area contributed by atoms with Crippen molar-refractivity contribution in [1.29, 1.82) is 0 Å². The van der Waals surface area contributed by atoms with Crippen LogP contribution in [0.2, 0.25) is 0 Å². The highest BCUT2D eigenvalue weighted by Crippen LogP contribution is 2.16. The zero-order valence-electron chi connectivity index (χ0n) is 10.2. The predicted octanol–water partition coefficient (Wildman–Crippen LogP) is 2.26. The third-order valence-corrected chi connectivity index (χ3v) is 3.24. The van der Waals surface area contributed by atoms with Crippen LogP contribution in [0.3, 0.4) is 0 Å². The fourth-order valence-electron chi connectivity index (χ4n) is 2.16. The summed E-state index contributed by atoms with van der Waals surface area (Å²) in [6.45, 7) is 2.50. The summed E-state index contributed by atoms with van der Waals surface area (Å²) < 4.78 is 5.30. The topological polar surface area (TPSA) is 38.3 Å². The van der Waals surface area contributed by atoms with Gasteiger partial charge >= 0.3 is 5.97 Å². The average molecular weight is 233 g/mol. The first-order valence-electron chi connectivity index (χ1n) is 6.26. The van der Waals surface area contributed by atoms with E-state index in [0.29, 0.717) is 12.6 Å². The van der Waals surface area contributed by atoms with Crippen LogP contribution in [0.5, 0.6) is 0 Å². The molecule has 17 heavy (non-hydrogen) atoms. The lowest BCUT2D eigenvalue weighted by Crippen LogP contribution is -2.36. The highest BCUT2D eigenvalue weighted by Gasteiger charge is 2.28. The van der Waals surface area contributed by atoms with E-state index in [4.69, 9.17) is 4.74 Å². The van der Waals surface area contributed by atoms with Gasteiger partial charge in [-0.3, -0.25) is 4.79 Å². The molecule has 2 rings (SSSR count). The maximum Gasteiger partial charge on any atom is 0.323 e. The molecule has 0 spiro atoms. The van der Waals surface area contributed by atoms with E-state index >= 15 is 0 Å². The normalized spacial score (nSPS) is 23.6. The largest absolute Gasteiger partial charge is 0.460 e. The number of ether oxygens (including phenoxy) is 1. The molecule has 0 saturated carbocycles. The van der Waals surface area contributed by atoms with E-state index in [9.17, 15) is 4.79 Å². The second-order valence-corrected chi connectivity index (χ2v) is 4.50. The SMILES string of the molecule is CC[C@@H]1CC[C@H](C(=O)OCc2ccccc2)N1. The Labute approximate surface area is 102 Å². The first kappa shape index (κ1) is 12.1. The van der Waals surface area contributed by atoms with Crippen molar-refractivity contribution >= 4 is 5.97 Å². The van der Waals surface area contributed by atoms with Crippen molar-refractivity contribution in [3.05, 3.63) is 35.9 Å². The molecular weight excluding hydrogens is 214 g/mol. The Kier molecular flexibility index (Phi) is 4.15. The number of hydrogen-bond donors (Lipinski definition) is 1. The van der Waals surface area contributed by atoms with Gasteiger partial charge in [-0.15, -0.1) is 0 Å². The van der Waals surface area contributed by atoms with Crippen LogP contribution in [-0.4, -0.2) is 18.1 Å². The van der Waals surface area contributed by atoms with Gasteiger partial charge in [-0.1, -0.05) is 37.3 Å². The average Bonchev–Trinajstić information content (AvgIpc) is 2.86. The maximum atomic E-state index is 11.8. The summed E-state index contributed by atoms with van der Waals surface area (Å²) in [6.07, 6.45) is 3.04. The Morgan fingerprint density at radius 3 is 2.76 bits per heavy atom. The minimum Gasteiger partial charge on any atom is -0.460 e. The summed E-state index contributed by atoms with van der Waals surface area (Å²) in [5.74, 6) is -0.121. The van der Waals surface area contributed by atoms with Crippen molar-refractivity contribution in [3.8, 4) is 0 Å². The van der Waals surface area contributed by atoms with Gasteiger partial charge < -0.3 is 10.1 Å².